The molecule has 0 aromatic heterocycles. The van der Waals surface area contributed by atoms with E-state index in [0.717, 1.165) is 16.9 Å². The third-order valence-corrected chi connectivity index (χ3v) is 4.68. The second-order valence-electron chi connectivity index (χ2n) is 6.91. The molecule has 28 heavy (non-hydrogen) atoms. The van der Waals surface area contributed by atoms with Crippen LogP contribution < -0.4 is 25.2 Å². The molecule has 1 atom stereocenters. The molecule has 0 fully saturated rings. The smallest absolute Gasteiger partial charge is 0.262 e. The van der Waals surface area contributed by atoms with Gasteiger partial charge in [0.2, 0.25) is 5.91 Å². The van der Waals surface area contributed by atoms with Crippen LogP contribution in [0.5, 0.6) is 5.75 Å². The van der Waals surface area contributed by atoms with Crippen molar-refractivity contribution < 1.29 is 14.3 Å². The van der Waals surface area contributed by atoms with Gasteiger partial charge in [-0.15, -0.1) is 0 Å². The maximum atomic E-state index is 12.5. The van der Waals surface area contributed by atoms with E-state index in [1.807, 2.05) is 72.4 Å². The highest BCUT2D eigenvalue weighted by atomic mass is 16.5. The summed E-state index contributed by atoms with van der Waals surface area (Å²) >= 11 is 0. The van der Waals surface area contributed by atoms with Crippen molar-refractivity contribution in [3.05, 3.63) is 54.1 Å². The lowest BCUT2D eigenvalue weighted by atomic mass is 10.1. The molecular formula is C21H26N4O3. The third-order valence-electron chi connectivity index (χ3n) is 4.68. The first-order valence-corrected chi connectivity index (χ1v) is 9.23. The fraction of sp³-hybridized carbons (Fsp3) is 0.333. The van der Waals surface area contributed by atoms with Crippen LogP contribution in [-0.4, -0.2) is 52.2 Å². The molecule has 7 heteroatoms. The summed E-state index contributed by atoms with van der Waals surface area (Å²) in [7, 11) is 5.55. The Morgan fingerprint density at radius 1 is 1.14 bits per heavy atom. The summed E-state index contributed by atoms with van der Waals surface area (Å²) in [5, 5.41) is 5.55. The van der Waals surface area contributed by atoms with Crippen LogP contribution in [0.15, 0.2) is 48.5 Å². The lowest BCUT2D eigenvalue weighted by molar-refractivity contribution is -0.127. The molecule has 0 radical (unpaired) electrons. The Morgan fingerprint density at radius 2 is 1.86 bits per heavy atom. The molecule has 1 heterocycles. The van der Waals surface area contributed by atoms with E-state index in [1.165, 1.54) is 0 Å². The van der Waals surface area contributed by atoms with Crippen molar-refractivity contribution in [3.63, 3.8) is 0 Å². The van der Waals surface area contributed by atoms with Crippen molar-refractivity contribution >= 4 is 23.2 Å². The monoisotopic (exact) mass is 382 g/mol. The first-order chi connectivity index (χ1) is 13.5. The zero-order chi connectivity index (χ0) is 20.1. The number of nitrogens with one attached hydrogen (secondary N) is 2. The molecule has 2 N–H and O–H groups in total. The van der Waals surface area contributed by atoms with E-state index in [0.29, 0.717) is 18.8 Å². The highest BCUT2D eigenvalue weighted by Crippen LogP contribution is 2.32. The van der Waals surface area contributed by atoms with E-state index < -0.39 is 6.10 Å². The number of fused-ring (bicyclic) bond motifs is 1. The minimum absolute atomic E-state index is 0.107. The lowest BCUT2D eigenvalue weighted by Gasteiger charge is -2.35. The summed E-state index contributed by atoms with van der Waals surface area (Å²) in [4.78, 5) is 28.4. The van der Waals surface area contributed by atoms with Gasteiger partial charge in [-0.1, -0.05) is 24.3 Å². The Labute approximate surface area is 165 Å². The summed E-state index contributed by atoms with van der Waals surface area (Å²) in [6.07, 6.45) is -0.647. The third kappa shape index (κ3) is 4.54. The van der Waals surface area contributed by atoms with Crippen molar-refractivity contribution in [1.29, 1.82) is 0 Å². The van der Waals surface area contributed by atoms with Gasteiger partial charge in [-0.3, -0.25) is 9.59 Å². The van der Waals surface area contributed by atoms with Crippen LogP contribution in [-0.2, 0) is 16.1 Å². The fourth-order valence-corrected chi connectivity index (χ4v) is 3.10. The highest BCUT2D eigenvalue weighted by molar-refractivity contribution is 5.86. The fourth-order valence-electron chi connectivity index (χ4n) is 3.10. The zero-order valence-electron chi connectivity index (χ0n) is 16.4. The number of carbonyl (C=O) groups excluding carboxylic acids is 2. The van der Waals surface area contributed by atoms with Crippen LogP contribution in [0.1, 0.15) is 5.56 Å². The normalized spacial score (nSPS) is 15.2. The number of hydrogen-bond donors (Lipinski definition) is 2. The van der Waals surface area contributed by atoms with E-state index in [2.05, 4.69) is 10.6 Å². The number of amides is 2. The average molecular weight is 382 g/mol. The number of para-hydroxylation sites is 2. The van der Waals surface area contributed by atoms with Gasteiger partial charge in [-0.25, -0.2) is 0 Å². The number of carbonyl (C=O) groups is 2. The SMILES string of the molecule is CNC(=O)[C@H]1CN(CC(=O)NCc2ccc(N(C)C)cc2)c2ccccc2O1. The van der Waals surface area contributed by atoms with Gasteiger partial charge in [0.15, 0.2) is 6.10 Å². The van der Waals surface area contributed by atoms with E-state index in [4.69, 9.17) is 4.74 Å². The number of hydrogen-bond acceptors (Lipinski definition) is 5. The maximum Gasteiger partial charge on any atom is 0.262 e. The summed E-state index contributed by atoms with van der Waals surface area (Å²) < 4.78 is 5.77. The molecule has 1 aliphatic heterocycles. The molecule has 2 aromatic carbocycles. The molecule has 2 amide bonds. The molecular weight excluding hydrogens is 356 g/mol. The number of likely N-dealkylation sites (N-methyl/N-ethyl adjacent to an activating group) is 1. The van der Waals surface area contributed by atoms with Gasteiger partial charge < -0.3 is 25.2 Å². The standard InChI is InChI=1S/C21H26N4O3/c1-22-21(27)19-13-25(17-6-4-5-7-18(17)28-19)14-20(26)23-12-15-8-10-16(11-9-15)24(2)3/h4-11,19H,12-14H2,1-3H3,(H,22,27)(H,23,26)/t19-/m1/s1. The maximum absolute atomic E-state index is 12.5. The zero-order valence-corrected chi connectivity index (χ0v) is 16.4. The van der Waals surface area contributed by atoms with Gasteiger partial charge in [0.25, 0.3) is 5.91 Å². The van der Waals surface area contributed by atoms with Crippen LogP contribution in [0, 0.1) is 0 Å². The van der Waals surface area contributed by atoms with Crippen LogP contribution in [0.25, 0.3) is 0 Å². The quantitative estimate of drug-likeness (QED) is 0.790. The van der Waals surface area contributed by atoms with Crippen LogP contribution in [0.2, 0.25) is 0 Å². The topological polar surface area (TPSA) is 73.9 Å². The molecule has 0 bridgehead atoms. The summed E-state index contributed by atoms with van der Waals surface area (Å²) in [5.41, 5.74) is 2.96. The minimum atomic E-state index is -0.647. The molecule has 0 saturated heterocycles. The van der Waals surface area contributed by atoms with Crippen molar-refractivity contribution in [2.45, 2.75) is 12.6 Å². The number of benzene rings is 2. The number of rotatable bonds is 6. The van der Waals surface area contributed by atoms with E-state index in [9.17, 15) is 9.59 Å². The van der Waals surface area contributed by atoms with E-state index >= 15 is 0 Å². The van der Waals surface area contributed by atoms with Crippen LogP contribution in [0.3, 0.4) is 0 Å². The van der Waals surface area contributed by atoms with Crippen LogP contribution in [0.4, 0.5) is 11.4 Å². The van der Waals surface area contributed by atoms with E-state index in [-0.39, 0.29) is 18.4 Å². The molecule has 0 aliphatic carbocycles. The highest BCUT2D eigenvalue weighted by Gasteiger charge is 2.30. The minimum Gasteiger partial charge on any atom is -0.477 e. The number of nitrogens with zero attached hydrogens (tertiary/aromatic N) is 2. The molecule has 0 unspecified atom stereocenters. The van der Waals surface area contributed by atoms with E-state index in [1.54, 1.807) is 7.05 Å². The van der Waals surface area contributed by atoms with Crippen molar-refractivity contribution in [2.75, 3.05) is 44.0 Å². The summed E-state index contributed by atoms with van der Waals surface area (Å²) in [5.74, 6) is 0.291. The Kier molecular flexibility index (Phi) is 6.03. The molecule has 7 nitrogen and oxygen atoms in total. The number of anilines is 2. The average Bonchev–Trinajstić information content (AvgIpc) is 2.71. The Hall–Kier alpha value is -3.22. The largest absolute Gasteiger partial charge is 0.477 e. The Bertz CT molecular complexity index is 836. The summed E-state index contributed by atoms with van der Waals surface area (Å²) in [6, 6.07) is 15.5. The van der Waals surface area contributed by atoms with Crippen LogP contribution >= 0.6 is 0 Å². The van der Waals surface area contributed by atoms with Gasteiger partial charge in [-0.2, -0.15) is 0 Å². The molecule has 1 aliphatic rings. The molecule has 3 rings (SSSR count). The van der Waals surface area contributed by atoms with Gasteiger partial charge in [0, 0.05) is 33.4 Å². The molecule has 0 saturated carbocycles. The molecule has 0 spiro atoms. The second-order valence-corrected chi connectivity index (χ2v) is 6.91. The van der Waals surface area contributed by atoms with Gasteiger partial charge >= 0.3 is 0 Å². The summed E-state index contributed by atoms with van der Waals surface area (Å²) in [6.45, 7) is 0.933. The Balaban J connectivity index is 1.63. The first kappa shape index (κ1) is 19.5. The number of ether oxygens (including phenoxy) is 1. The molecule has 148 valence electrons. The van der Waals surface area contributed by atoms with Crippen molar-refractivity contribution in [3.8, 4) is 5.75 Å². The lowest BCUT2D eigenvalue weighted by Crippen LogP contribution is -2.50. The van der Waals surface area contributed by atoms with Crippen molar-refractivity contribution in [2.24, 2.45) is 0 Å². The first-order valence-electron chi connectivity index (χ1n) is 9.23. The van der Waals surface area contributed by atoms with Gasteiger partial charge in [0.1, 0.15) is 5.75 Å². The molecule has 2 aromatic rings. The van der Waals surface area contributed by atoms with Crippen molar-refractivity contribution in [1.82, 2.24) is 10.6 Å². The van der Waals surface area contributed by atoms with Gasteiger partial charge in [-0.05, 0) is 29.8 Å². The second kappa shape index (κ2) is 8.65. The van der Waals surface area contributed by atoms with Gasteiger partial charge in [0.05, 0.1) is 18.8 Å². The predicted molar refractivity (Wildman–Crippen MR) is 110 cm³/mol. The predicted octanol–water partition coefficient (Wildman–Crippen LogP) is 1.38. The Morgan fingerprint density at radius 3 is 2.54 bits per heavy atom.